The van der Waals surface area contributed by atoms with Gasteiger partial charge in [0.15, 0.2) is 9.84 Å². The number of carbonyl (C=O) groups is 1. The topological polar surface area (TPSA) is 63.2 Å². The molecule has 2 aromatic carbocycles. The fourth-order valence-corrected chi connectivity index (χ4v) is 4.79. The van der Waals surface area contributed by atoms with Gasteiger partial charge in [-0.05, 0) is 29.7 Å². The summed E-state index contributed by atoms with van der Waals surface area (Å²) in [6.45, 7) is 0. The minimum Gasteiger partial charge on any atom is -0.345 e. The summed E-state index contributed by atoms with van der Waals surface area (Å²) in [7, 11) is -3.09. The summed E-state index contributed by atoms with van der Waals surface area (Å²) >= 11 is 5.95. The predicted octanol–water partition coefficient (Wildman–Crippen LogP) is 2.98. The van der Waals surface area contributed by atoms with Gasteiger partial charge in [0, 0.05) is 5.02 Å². The van der Waals surface area contributed by atoms with Crippen molar-refractivity contribution in [2.24, 2.45) is 5.92 Å². The number of carbonyl (C=O) groups excluding carboxylic acids is 1. The third-order valence-corrected chi connectivity index (χ3v) is 6.25. The summed E-state index contributed by atoms with van der Waals surface area (Å²) in [6.07, 6.45) is 0.385. The van der Waals surface area contributed by atoms with Crippen molar-refractivity contribution in [3.05, 3.63) is 70.7 Å². The first kappa shape index (κ1) is 17.0. The fourth-order valence-electron chi connectivity index (χ4n) is 2.92. The molecule has 0 bridgehead atoms. The molecule has 1 saturated heterocycles. The van der Waals surface area contributed by atoms with Gasteiger partial charge in [-0.25, -0.2) is 8.42 Å². The van der Waals surface area contributed by atoms with Crippen LogP contribution in [0.2, 0.25) is 5.02 Å². The van der Waals surface area contributed by atoms with Crippen LogP contribution in [0.15, 0.2) is 54.6 Å². The third kappa shape index (κ3) is 3.97. The van der Waals surface area contributed by atoms with E-state index in [1.54, 1.807) is 12.1 Å². The van der Waals surface area contributed by atoms with E-state index in [1.807, 2.05) is 42.5 Å². The smallest absolute Gasteiger partial charge is 0.224 e. The molecule has 1 heterocycles. The van der Waals surface area contributed by atoms with Crippen molar-refractivity contribution in [1.82, 2.24) is 5.32 Å². The number of amides is 1. The Hall–Kier alpha value is -1.85. The summed E-state index contributed by atoms with van der Waals surface area (Å²) in [6, 6.07) is 16.5. The first-order chi connectivity index (χ1) is 11.4. The van der Waals surface area contributed by atoms with E-state index in [2.05, 4.69) is 5.32 Å². The highest BCUT2D eigenvalue weighted by molar-refractivity contribution is 7.91. The van der Waals surface area contributed by atoms with Gasteiger partial charge < -0.3 is 5.32 Å². The molecule has 24 heavy (non-hydrogen) atoms. The van der Waals surface area contributed by atoms with Crippen molar-refractivity contribution >= 4 is 27.3 Å². The molecular weight excluding hydrogens is 346 g/mol. The molecule has 2 aromatic rings. The van der Waals surface area contributed by atoms with E-state index in [9.17, 15) is 13.2 Å². The van der Waals surface area contributed by atoms with E-state index in [-0.39, 0.29) is 23.5 Å². The standard InChI is InChI=1S/C18H18ClNO3S/c19-16-8-6-14(7-9-16)17(13-4-2-1-3-5-13)20-18(21)15-10-11-24(22,23)12-15/h1-9,15,17H,10-12H2,(H,20,21)/t15-,17-/m0/s1. The number of rotatable bonds is 4. The van der Waals surface area contributed by atoms with Crippen molar-refractivity contribution < 1.29 is 13.2 Å². The number of hydrogen-bond acceptors (Lipinski definition) is 3. The summed E-state index contributed by atoms with van der Waals surface area (Å²) in [5.41, 5.74) is 1.84. The maximum atomic E-state index is 12.6. The minimum absolute atomic E-state index is 0.0685. The molecule has 1 N–H and O–H groups in total. The number of hydrogen-bond donors (Lipinski definition) is 1. The summed E-state index contributed by atoms with van der Waals surface area (Å²) in [4.78, 5) is 12.6. The van der Waals surface area contributed by atoms with Gasteiger partial charge in [0.25, 0.3) is 0 Å². The monoisotopic (exact) mass is 363 g/mol. The van der Waals surface area contributed by atoms with Crippen molar-refractivity contribution in [3.8, 4) is 0 Å². The van der Waals surface area contributed by atoms with Gasteiger partial charge >= 0.3 is 0 Å². The lowest BCUT2D eigenvalue weighted by Gasteiger charge is -2.21. The molecule has 0 aliphatic carbocycles. The largest absolute Gasteiger partial charge is 0.345 e. The second kappa shape index (κ2) is 6.95. The van der Waals surface area contributed by atoms with Crippen LogP contribution in [0.1, 0.15) is 23.6 Å². The van der Waals surface area contributed by atoms with E-state index in [4.69, 9.17) is 11.6 Å². The first-order valence-electron chi connectivity index (χ1n) is 7.76. The molecule has 126 valence electrons. The first-order valence-corrected chi connectivity index (χ1v) is 9.96. The van der Waals surface area contributed by atoms with Gasteiger partial charge in [-0.15, -0.1) is 0 Å². The molecule has 6 heteroatoms. The molecule has 0 saturated carbocycles. The average Bonchev–Trinajstić information content (AvgIpc) is 2.94. The Morgan fingerprint density at radius 1 is 1.04 bits per heavy atom. The Labute approximate surface area is 146 Å². The summed E-state index contributed by atoms with van der Waals surface area (Å²) < 4.78 is 23.2. The lowest BCUT2D eigenvalue weighted by Crippen LogP contribution is -2.35. The van der Waals surface area contributed by atoms with E-state index in [1.165, 1.54) is 0 Å². The van der Waals surface area contributed by atoms with Crippen LogP contribution in [0.5, 0.6) is 0 Å². The number of halogens is 1. The molecule has 4 nitrogen and oxygen atoms in total. The average molecular weight is 364 g/mol. The van der Waals surface area contributed by atoms with Crippen molar-refractivity contribution in [2.75, 3.05) is 11.5 Å². The lowest BCUT2D eigenvalue weighted by atomic mass is 9.97. The highest BCUT2D eigenvalue weighted by atomic mass is 35.5. The van der Waals surface area contributed by atoms with E-state index >= 15 is 0 Å². The molecule has 1 aliphatic rings. The molecule has 0 radical (unpaired) electrons. The minimum atomic E-state index is -3.09. The lowest BCUT2D eigenvalue weighted by molar-refractivity contribution is -0.124. The van der Waals surface area contributed by atoms with Gasteiger partial charge in [-0.1, -0.05) is 54.1 Å². The summed E-state index contributed by atoms with van der Waals surface area (Å²) in [5, 5.41) is 3.63. The summed E-state index contributed by atoms with van der Waals surface area (Å²) in [5.74, 6) is -0.684. The van der Waals surface area contributed by atoms with Crippen LogP contribution in [0.25, 0.3) is 0 Å². The molecule has 0 unspecified atom stereocenters. The zero-order valence-electron chi connectivity index (χ0n) is 13.0. The maximum Gasteiger partial charge on any atom is 0.224 e. The third-order valence-electron chi connectivity index (χ3n) is 4.23. The van der Waals surface area contributed by atoms with Crippen molar-refractivity contribution in [1.29, 1.82) is 0 Å². The van der Waals surface area contributed by atoms with E-state index < -0.39 is 15.8 Å². The van der Waals surface area contributed by atoms with Crippen molar-refractivity contribution in [3.63, 3.8) is 0 Å². The normalized spacial score (nSPS) is 20.5. The van der Waals surface area contributed by atoms with Crippen LogP contribution in [-0.4, -0.2) is 25.8 Å². The molecule has 3 rings (SSSR count). The van der Waals surface area contributed by atoms with Gasteiger partial charge in [0.1, 0.15) is 0 Å². The van der Waals surface area contributed by atoms with Crippen LogP contribution in [0, 0.1) is 5.92 Å². The van der Waals surface area contributed by atoms with Gasteiger partial charge in [0.05, 0.1) is 23.5 Å². The maximum absolute atomic E-state index is 12.6. The Kier molecular flexibility index (Phi) is 4.92. The fraction of sp³-hybridized carbons (Fsp3) is 0.278. The zero-order chi connectivity index (χ0) is 17.2. The zero-order valence-corrected chi connectivity index (χ0v) is 14.6. The van der Waals surface area contributed by atoms with Crippen LogP contribution >= 0.6 is 11.6 Å². The molecular formula is C18H18ClNO3S. The molecule has 1 amide bonds. The number of nitrogens with one attached hydrogen (secondary N) is 1. The van der Waals surface area contributed by atoms with Crippen LogP contribution in [-0.2, 0) is 14.6 Å². The molecule has 0 spiro atoms. The molecule has 1 aliphatic heterocycles. The van der Waals surface area contributed by atoms with Crippen LogP contribution in [0.4, 0.5) is 0 Å². The second-order valence-corrected chi connectivity index (χ2v) is 8.67. The second-order valence-electron chi connectivity index (χ2n) is 6.00. The quantitative estimate of drug-likeness (QED) is 0.908. The van der Waals surface area contributed by atoms with Crippen LogP contribution in [0.3, 0.4) is 0 Å². The van der Waals surface area contributed by atoms with Crippen LogP contribution < -0.4 is 5.32 Å². The Balaban J connectivity index is 1.85. The van der Waals surface area contributed by atoms with Gasteiger partial charge in [-0.3, -0.25) is 4.79 Å². The Bertz CT molecular complexity index is 819. The Morgan fingerprint density at radius 2 is 1.67 bits per heavy atom. The molecule has 1 fully saturated rings. The van der Waals surface area contributed by atoms with E-state index in [0.29, 0.717) is 11.4 Å². The molecule has 0 aromatic heterocycles. The highest BCUT2D eigenvalue weighted by Crippen LogP contribution is 2.26. The van der Waals surface area contributed by atoms with E-state index in [0.717, 1.165) is 11.1 Å². The van der Waals surface area contributed by atoms with Gasteiger partial charge in [0.2, 0.25) is 5.91 Å². The van der Waals surface area contributed by atoms with Crippen molar-refractivity contribution in [2.45, 2.75) is 12.5 Å². The highest BCUT2D eigenvalue weighted by Gasteiger charge is 2.34. The SMILES string of the molecule is O=C(N[C@@H](c1ccccc1)c1ccc(Cl)cc1)[C@H]1CCS(=O)(=O)C1. The number of sulfone groups is 1. The number of benzene rings is 2. The predicted molar refractivity (Wildman–Crippen MR) is 94.6 cm³/mol. The Morgan fingerprint density at radius 3 is 2.25 bits per heavy atom. The molecule has 2 atom stereocenters. The van der Waals surface area contributed by atoms with Gasteiger partial charge in [-0.2, -0.15) is 0 Å².